The largest absolute Gasteiger partial charge is 0.343 e. The number of fused-ring (bicyclic) bond motifs is 3. The quantitative estimate of drug-likeness (QED) is 0.679. The van der Waals surface area contributed by atoms with Crippen LogP contribution in [-0.4, -0.2) is 41.5 Å². The molecule has 6 rings (SSSR count). The van der Waals surface area contributed by atoms with Crippen molar-refractivity contribution < 1.29 is 4.79 Å². The van der Waals surface area contributed by atoms with Gasteiger partial charge in [-0.3, -0.25) is 9.78 Å². The average molecular weight is 425 g/mol. The number of benzene rings is 2. The normalized spacial score (nSPS) is 20.3. The van der Waals surface area contributed by atoms with Gasteiger partial charge in [-0.15, -0.1) is 0 Å². The molecule has 3 aromatic rings. The van der Waals surface area contributed by atoms with Crippen LogP contribution in [0.25, 0.3) is 10.9 Å². The van der Waals surface area contributed by atoms with Crippen molar-refractivity contribution in [2.45, 2.75) is 38.3 Å². The van der Waals surface area contributed by atoms with Crippen LogP contribution in [-0.2, 0) is 13.0 Å². The molecule has 1 fully saturated rings. The van der Waals surface area contributed by atoms with Crippen molar-refractivity contribution >= 4 is 22.5 Å². The molecule has 3 aliphatic heterocycles. The number of hydrogen-bond donors (Lipinski definition) is 1. The summed E-state index contributed by atoms with van der Waals surface area (Å²) < 4.78 is 0. The molecule has 1 N–H and O–H groups in total. The van der Waals surface area contributed by atoms with E-state index in [1.807, 2.05) is 23.1 Å². The van der Waals surface area contributed by atoms with E-state index in [-0.39, 0.29) is 5.91 Å². The molecule has 162 valence electrons. The standard InChI is InChI=1S/C27H28N4O/c32-27-26-20(7-3-10-25(26)31-16-5-9-23-24(31)11-4-15-28-23)18-30(27)17-14-21-13-12-19-6-1-2-8-22(19)29-21/h1-3,6-8,10-13,23,28H,4-5,9,14-18H2. The van der Waals surface area contributed by atoms with Crippen LogP contribution in [0.1, 0.15) is 40.9 Å². The topological polar surface area (TPSA) is 48.5 Å². The van der Waals surface area contributed by atoms with Crippen molar-refractivity contribution in [2.24, 2.45) is 0 Å². The van der Waals surface area contributed by atoms with Crippen molar-refractivity contribution in [3.63, 3.8) is 0 Å². The molecule has 0 aliphatic carbocycles. The summed E-state index contributed by atoms with van der Waals surface area (Å²) in [4.78, 5) is 22.7. The molecular weight excluding hydrogens is 396 g/mol. The molecule has 0 radical (unpaired) electrons. The summed E-state index contributed by atoms with van der Waals surface area (Å²) in [5, 5.41) is 4.80. The Morgan fingerprint density at radius 2 is 2.00 bits per heavy atom. The van der Waals surface area contributed by atoms with Crippen LogP contribution >= 0.6 is 0 Å². The number of nitrogens with zero attached hydrogens (tertiary/aromatic N) is 3. The minimum atomic E-state index is 0.155. The zero-order chi connectivity index (χ0) is 21.5. The number of para-hydroxylation sites is 1. The summed E-state index contributed by atoms with van der Waals surface area (Å²) >= 11 is 0. The minimum absolute atomic E-state index is 0.155. The van der Waals surface area contributed by atoms with Gasteiger partial charge in [0.15, 0.2) is 0 Å². The van der Waals surface area contributed by atoms with Crippen molar-refractivity contribution in [2.75, 3.05) is 24.5 Å². The highest BCUT2D eigenvalue weighted by molar-refractivity contribution is 6.04. The molecule has 1 unspecified atom stereocenters. The molecule has 5 nitrogen and oxygen atoms in total. The van der Waals surface area contributed by atoms with Crippen molar-refractivity contribution in [1.82, 2.24) is 15.2 Å². The SMILES string of the molecule is O=C1c2c(cccc2N2CCCC3NCCC=C32)CN1CCc1ccc2ccccc2n1. The molecule has 0 saturated carbocycles. The van der Waals surface area contributed by atoms with Crippen LogP contribution in [0.5, 0.6) is 0 Å². The molecule has 1 amide bonds. The Morgan fingerprint density at radius 3 is 2.97 bits per heavy atom. The smallest absolute Gasteiger partial charge is 0.256 e. The second-order valence-electron chi connectivity index (χ2n) is 9.00. The number of carbonyl (C=O) groups is 1. The van der Waals surface area contributed by atoms with Gasteiger partial charge in [0.1, 0.15) is 0 Å². The molecule has 1 saturated heterocycles. The molecule has 4 heterocycles. The van der Waals surface area contributed by atoms with Crippen LogP contribution in [0.2, 0.25) is 0 Å². The Bertz CT molecular complexity index is 1220. The highest BCUT2D eigenvalue weighted by atomic mass is 16.2. The van der Waals surface area contributed by atoms with E-state index in [1.165, 1.54) is 12.1 Å². The lowest BCUT2D eigenvalue weighted by molar-refractivity contribution is 0.0780. The van der Waals surface area contributed by atoms with Gasteiger partial charge in [0, 0.05) is 48.9 Å². The highest BCUT2D eigenvalue weighted by Gasteiger charge is 2.34. The van der Waals surface area contributed by atoms with Gasteiger partial charge in [-0.05, 0) is 49.6 Å². The number of piperidine rings is 1. The van der Waals surface area contributed by atoms with Gasteiger partial charge in [-0.2, -0.15) is 0 Å². The summed E-state index contributed by atoms with van der Waals surface area (Å²) in [5.41, 5.74) is 6.51. The first kappa shape index (κ1) is 19.5. The van der Waals surface area contributed by atoms with Gasteiger partial charge in [0.2, 0.25) is 0 Å². The van der Waals surface area contributed by atoms with E-state index in [0.29, 0.717) is 19.1 Å². The van der Waals surface area contributed by atoms with Crippen LogP contribution in [0.15, 0.2) is 66.4 Å². The molecule has 0 spiro atoms. The van der Waals surface area contributed by atoms with Gasteiger partial charge < -0.3 is 15.1 Å². The van der Waals surface area contributed by atoms with Crippen LogP contribution in [0.3, 0.4) is 0 Å². The second-order valence-corrected chi connectivity index (χ2v) is 9.00. The highest BCUT2D eigenvalue weighted by Crippen LogP contribution is 2.37. The fourth-order valence-electron chi connectivity index (χ4n) is 5.42. The maximum atomic E-state index is 13.5. The van der Waals surface area contributed by atoms with Gasteiger partial charge in [0.25, 0.3) is 5.91 Å². The van der Waals surface area contributed by atoms with E-state index in [2.05, 4.69) is 52.7 Å². The fourth-order valence-corrected chi connectivity index (χ4v) is 5.42. The van der Waals surface area contributed by atoms with E-state index in [0.717, 1.165) is 65.8 Å². The zero-order valence-electron chi connectivity index (χ0n) is 18.3. The van der Waals surface area contributed by atoms with Crippen molar-refractivity contribution in [3.05, 3.63) is 83.2 Å². The van der Waals surface area contributed by atoms with E-state index >= 15 is 0 Å². The summed E-state index contributed by atoms with van der Waals surface area (Å²) in [6, 6.07) is 19.1. The Kier molecular flexibility index (Phi) is 4.91. The molecule has 0 bridgehead atoms. The van der Waals surface area contributed by atoms with Gasteiger partial charge >= 0.3 is 0 Å². The first-order valence-electron chi connectivity index (χ1n) is 11.7. The van der Waals surface area contributed by atoms with Crippen LogP contribution in [0.4, 0.5) is 5.69 Å². The number of anilines is 1. The van der Waals surface area contributed by atoms with E-state index in [1.54, 1.807) is 0 Å². The molecule has 5 heteroatoms. The second kappa shape index (κ2) is 8.06. The van der Waals surface area contributed by atoms with Gasteiger partial charge in [-0.25, -0.2) is 0 Å². The lowest BCUT2D eigenvalue weighted by atomic mass is 9.95. The Hall–Kier alpha value is -3.18. The third kappa shape index (κ3) is 3.37. The molecule has 1 atom stereocenters. The van der Waals surface area contributed by atoms with Gasteiger partial charge in [-0.1, -0.05) is 42.5 Å². The summed E-state index contributed by atoms with van der Waals surface area (Å²) in [6.07, 6.45) is 6.50. The van der Waals surface area contributed by atoms with E-state index in [4.69, 9.17) is 4.98 Å². The Labute approximate surface area is 188 Å². The maximum Gasteiger partial charge on any atom is 0.256 e. The first-order chi connectivity index (χ1) is 15.8. The summed E-state index contributed by atoms with van der Waals surface area (Å²) in [5.74, 6) is 0.155. The third-order valence-electron chi connectivity index (χ3n) is 7.01. The number of hydrogen-bond acceptors (Lipinski definition) is 4. The monoisotopic (exact) mass is 424 g/mol. The number of pyridine rings is 1. The van der Waals surface area contributed by atoms with Crippen molar-refractivity contribution in [1.29, 1.82) is 0 Å². The number of carbonyl (C=O) groups excluding carboxylic acids is 1. The predicted molar refractivity (Wildman–Crippen MR) is 128 cm³/mol. The summed E-state index contributed by atoms with van der Waals surface area (Å²) in [6.45, 7) is 3.40. The van der Waals surface area contributed by atoms with Crippen LogP contribution in [0, 0.1) is 0 Å². The summed E-state index contributed by atoms with van der Waals surface area (Å²) in [7, 11) is 0. The number of nitrogens with one attached hydrogen (secondary N) is 1. The Morgan fingerprint density at radius 1 is 1.06 bits per heavy atom. The molecular formula is C27H28N4O. The number of aromatic nitrogens is 1. The number of amides is 1. The average Bonchev–Trinajstić information content (AvgIpc) is 3.18. The lowest BCUT2D eigenvalue weighted by Crippen LogP contribution is -2.46. The van der Waals surface area contributed by atoms with Gasteiger partial charge in [0.05, 0.1) is 16.8 Å². The molecule has 1 aromatic heterocycles. The predicted octanol–water partition coefficient (Wildman–Crippen LogP) is 4.28. The molecule has 3 aliphatic rings. The first-order valence-corrected chi connectivity index (χ1v) is 11.7. The van der Waals surface area contributed by atoms with Crippen molar-refractivity contribution in [3.8, 4) is 0 Å². The number of rotatable bonds is 4. The third-order valence-corrected chi connectivity index (χ3v) is 7.01. The van der Waals surface area contributed by atoms with E-state index in [9.17, 15) is 4.79 Å². The zero-order valence-corrected chi connectivity index (χ0v) is 18.3. The van der Waals surface area contributed by atoms with Crippen LogP contribution < -0.4 is 10.2 Å². The minimum Gasteiger partial charge on any atom is -0.343 e. The molecule has 2 aromatic carbocycles. The fraction of sp³-hybridized carbons (Fsp3) is 0.333. The molecule has 32 heavy (non-hydrogen) atoms. The maximum absolute atomic E-state index is 13.5. The lowest BCUT2D eigenvalue weighted by Gasteiger charge is -2.40. The van der Waals surface area contributed by atoms with E-state index < -0.39 is 0 Å². The Balaban J connectivity index is 1.23.